The lowest BCUT2D eigenvalue weighted by Gasteiger charge is -2.15. The number of aliphatic hydroxyl groups excluding tert-OH is 1. The van der Waals surface area contributed by atoms with Gasteiger partial charge in [-0.3, -0.25) is 0 Å². The summed E-state index contributed by atoms with van der Waals surface area (Å²) in [5.41, 5.74) is 2.00. The Hall–Kier alpha value is -2.53. The summed E-state index contributed by atoms with van der Waals surface area (Å²) in [7, 11) is 0. The number of anilines is 1. The predicted octanol–water partition coefficient (Wildman–Crippen LogP) is 2.55. The summed E-state index contributed by atoms with van der Waals surface area (Å²) >= 11 is 0. The predicted molar refractivity (Wildman–Crippen MR) is 84.6 cm³/mol. The number of carboxylic acids is 1. The molecule has 0 heterocycles. The number of hydrogen-bond donors (Lipinski definition) is 3. The summed E-state index contributed by atoms with van der Waals surface area (Å²) in [6.07, 6.45) is -0.668. The Morgan fingerprint density at radius 2 is 1.86 bits per heavy atom. The zero-order chi connectivity index (χ0) is 15.9. The topological polar surface area (TPSA) is 78.8 Å². The lowest BCUT2D eigenvalue weighted by atomic mass is 10.2. The second-order valence-electron chi connectivity index (χ2n) is 4.99. The van der Waals surface area contributed by atoms with Crippen molar-refractivity contribution in [1.29, 1.82) is 0 Å². The molecule has 0 aliphatic carbocycles. The molecular formula is C17H19NO4. The lowest BCUT2D eigenvalue weighted by Crippen LogP contribution is -2.26. The summed E-state index contributed by atoms with van der Waals surface area (Å²) in [5.74, 6) is -0.203. The van der Waals surface area contributed by atoms with Crippen molar-refractivity contribution in [2.24, 2.45) is 0 Å². The Morgan fingerprint density at radius 1 is 1.18 bits per heavy atom. The SMILES string of the molecule is Cc1ccccc1OCC(O)CNc1ccc(C(=O)O)cc1. The van der Waals surface area contributed by atoms with E-state index in [4.69, 9.17) is 9.84 Å². The van der Waals surface area contributed by atoms with Gasteiger partial charge in [-0.15, -0.1) is 0 Å². The van der Waals surface area contributed by atoms with E-state index in [-0.39, 0.29) is 12.2 Å². The smallest absolute Gasteiger partial charge is 0.335 e. The third-order valence-electron chi connectivity index (χ3n) is 3.20. The van der Waals surface area contributed by atoms with Crippen molar-refractivity contribution in [1.82, 2.24) is 0 Å². The molecule has 0 aromatic heterocycles. The Balaban J connectivity index is 1.79. The van der Waals surface area contributed by atoms with Crippen LogP contribution in [0.4, 0.5) is 5.69 Å². The Labute approximate surface area is 129 Å². The van der Waals surface area contributed by atoms with Gasteiger partial charge in [0.15, 0.2) is 0 Å². The van der Waals surface area contributed by atoms with Crippen LogP contribution in [0.2, 0.25) is 0 Å². The molecule has 1 unspecified atom stereocenters. The van der Waals surface area contributed by atoms with E-state index in [9.17, 15) is 9.90 Å². The molecule has 1 atom stereocenters. The normalized spacial score (nSPS) is 11.7. The van der Waals surface area contributed by atoms with Crippen LogP contribution in [0, 0.1) is 6.92 Å². The van der Waals surface area contributed by atoms with Gasteiger partial charge in [-0.05, 0) is 42.8 Å². The molecule has 0 aliphatic rings. The largest absolute Gasteiger partial charge is 0.491 e. The number of carbonyl (C=O) groups is 1. The minimum atomic E-state index is -0.960. The fourth-order valence-corrected chi connectivity index (χ4v) is 1.93. The van der Waals surface area contributed by atoms with E-state index in [2.05, 4.69) is 5.32 Å². The zero-order valence-electron chi connectivity index (χ0n) is 12.3. The molecular weight excluding hydrogens is 282 g/mol. The first-order valence-corrected chi connectivity index (χ1v) is 7.00. The van der Waals surface area contributed by atoms with E-state index in [0.717, 1.165) is 17.0 Å². The van der Waals surface area contributed by atoms with Crippen LogP contribution in [0.5, 0.6) is 5.75 Å². The van der Waals surface area contributed by atoms with Gasteiger partial charge in [0, 0.05) is 12.2 Å². The highest BCUT2D eigenvalue weighted by molar-refractivity contribution is 5.87. The highest BCUT2D eigenvalue weighted by atomic mass is 16.5. The maximum absolute atomic E-state index is 10.7. The highest BCUT2D eigenvalue weighted by Crippen LogP contribution is 2.16. The summed E-state index contributed by atoms with van der Waals surface area (Å²) < 4.78 is 5.57. The molecule has 0 bridgehead atoms. The quantitative estimate of drug-likeness (QED) is 0.732. The number of hydrogen-bond acceptors (Lipinski definition) is 4. The zero-order valence-corrected chi connectivity index (χ0v) is 12.3. The maximum Gasteiger partial charge on any atom is 0.335 e. The number of benzene rings is 2. The van der Waals surface area contributed by atoms with E-state index in [1.807, 2.05) is 31.2 Å². The van der Waals surface area contributed by atoms with Crippen molar-refractivity contribution in [2.75, 3.05) is 18.5 Å². The van der Waals surface area contributed by atoms with Crippen LogP contribution in [0.3, 0.4) is 0 Å². The first-order valence-electron chi connectivity index (χ1n) is 7.00. The van der Waals surface area contributed by atoms with Crippen molar-refractivity contribution < 1.29 is 19.7 Å². The molecule has 2 aromatic carbocycles. The van der Waals surface area contributed by atoms with Gasteiger partial charge in [0.2, 0.25) is 0 Å². The number of ether oxygens (including phenoxy) is 1. The van der Waals surface area contributed by atoms with Gasteiger partial charge in [0.25, 0.3) is 0 Å². The van der Waals surface area contributed by atoms with Crippen molar-refractivity contribution in [2.45, 2.75) is 13.0 Å². The van der Waals surface area contributed by atoms with Crippen molar-refractivity contribution in [3.63, 3.8) is 0 Å². The molecule has 2 rings (SSSR count). The number of aliphatic hydroxyl groups is 1. The minimum absolute atomic E-state index is 0.186. The summed E-state index contributed by atoms with van der Waals surface area (Å²) in [5, 5.41) is 21.8. The van der Waals surface area contributed by atoms with Crippen LogP contribution in [0.1, 0.15) is 15.9 Å². The molecule has 2 aromatic rings. The second kappa shape index (κ2) is 7.47. The second-order valence-corrected chi connectivity index (χ2v) is 4.99. The molecule has 116 valence electrons. The molecule has 5 nitrogen and oxygen atoms in total. The van der Waals surface area contributed by atoms with Crippen LogP contribution in [0.15, 0.2) is 48.5 Å². The lowest BCUT2D eigenvalue weighted by molar-refractivity contribution is 0.0697. The standard InChI is InChI=1S/C17H19NO4/c1-12-4-2-3-5-16(12)22-11-15(19)10-18-14-8-6-13(7-9-14)17(20)21/h2-9,15,18-19H,10-11H2,1H3,(H,20,21). The first kappa shape index (κ1) is 15.9. The van der Waals surface area contributed by atoms with Gasteiger partial charge in [-0.1, -0.05) is 18.2 Å². The molecule has 0 saturated carbocycles. The van der Waals surface area contributed by atoms with Crippen molar-refractivity contribution in [3.05, 3.63) is 59.7 Å². The van der Waals surface area contributed by atoms with Crippen LogP contribution in [0.25, 0.3) is 0 Å². The van der Waals surface area contributed by atoms with Crippen LogP contribution < -0.4 is 10.1 Å². The molecule has 3 N–H and O–H groups in total. The minimum Gasteiger partial charge on any atom is -0.491 e. The molecule has 0 radical (unpaired) electrons. The number of para-hydroxylation sites is 1. The van der Waals surface area contributed by atoms with E-state index in [1.165, 1.54) is 12.1 Å². The van der Waals surface area contributed by atoms with Crippen LogP contribution >= 0.6 is 0 Å². The number of aryl methyl sites for hydroxylation is 1. The number of nitrogens with one attached hydrogen (secondary N) is 1. The van der Waals surface area contributed by atoms with Gasteiger partial charge >= 0.3 is 5.97 Å². The average Bonchev–Trinajstić information content (AvgIpc) is 2.52. The van der Waals surface area contributed by atoms with E-state index < -0.39 is 12.1 Å². The third kappa shape index (κ3) is 4.49. The number of carboxylic acid groups (broad SMARTS) is 1. The molecule has 0 fully saturated rings. The Kier molecular flexibility index (Phi) is 5.38. The summed E-state index contributed by atoms with van der Waals surface area (Å²) in [6.45, 7) is 2.45. The van der Waals surface area contributed by atoms with Crippen LogP contribution in [-0.4, -0.2) is 35.4 Å². The van der Waals surface area contributed by atoms with Crippen molar-refractivity contribution >= 4 is 11.7 Å². The van der Waals surface area contributed by atoms with Gasteiger partial charge < -0.3 is 20.3 Å². The van der Waals surface area contributed by atoms with Gasteiger partial charge in [-0.25, -0.2) is 4.79 Å². The summed E-state index contributed by atoms with van der Waals surface area (Å²) in [4.78, 5) is 10.7. The molecule has 0 amide bonds. The fraction of sp³-hybridized carbons (Fsp3) is 0.235. The van der Waals surface area contributed by atoms with Crippen molar-refractivity contribution in [3.8, 4) is 5.75 Å². The van der Waals surface area contributed by atoms with E-state index in [1.54, 1.807) is 12.1 Å². The van der Waals surface area contributed by atoms with Gasteiger partial charge in [-0.2, -0.15) is 0 Å². The average molecular weight is 301 g/mol. The maximum atomic E-state index is 10.7. The van der Waals surface area contributed by atoms with Crippen LogP contribution in [-0.2, 0) is 0 Å². The molecule has 0 aliphatic heterocycles. The van der Waals surface area contributed by atoms with Gasteiger partial charge in [0.05, 0.1) is 5.56 Å². The molecule has 0 saturated heterocycles. The molecule has 5 heteroatoms. The Morgan fingerprint density at radius 3 is 2.50 bits per heavy atom. The summed E-state index contributed by atoms with van der Waals surface area (Å²) in [6, 6.07) is 14.0. The first-order chi connectivity index (χ1) is 10.6. The molecule has 0 spiro atoms. The van der Waals surface area contributed by atoms with Gasteiger partial charge in [0.1, 0.15) is 18.5 Å². The van der Waals surface area contributed by atoms with E-state index >= 15 is 0 Å². The fourth-order valence-electron chi connectivity index (χ4n) is 1.93. The molecule has 22 heavy (non-hydrogen) atoms. The van der Waals surface area contributed by atoms with E-state index in [0.29, 0.717) is 6.54 Å². The monoisotopic (exact) mass is 301 g/mol. The Bertz CT molecular complexity index is 625. The highest BCUT2D eigenvalue weighted by Gasteiger charge is 2.07. The number of rotatable bonds is 7. The third-order valence-corrected chi connectivity index (χ3v) is 3.20. The number of aromatic carboxylic acids is 1.